The highest BCUT2D eigenvalue weighted by Gasteiger charge is 2.10. The quantitative estimate of drug-likeness (QED) is 0.847. The Hall–Kier alpha value is -1.87. The van der Waals surface area contributed by atoms with Crippen LogP contribution in [0.5, 0.6) is 5.75 Å². The number of nitrogens with two attached hydrogens (primary N) is 1. The first kappa shape index (κ1) is 14.5. The first-order valence-electron chi connectivity index (χ1n) is 6.58. The Morgan fingerprint density at radius 2 is 1.85 bits per heavy atom. The van der Waals surface area contributed by atoms with Gasteiger partial charge in [-0.2, -0.15) is 0 Å². The number of ether oxygens (including phenoxy) is 1. The minimum Gasteiger partial charge on any atom is -0.492 e. The van der Waals surface area contributed by atoms with Crippen LogP contribution in [0, 0.1) is 0 Å². The van der Waals surface area contributed by atoms with Gasteiger partial charge in [-0.15, -0.1) is 0 Å². The van der Waals surface area contributed by atoms with Crippen LogP contribution in [0.25, 0.3) is 0 Å². The number of benzene rings is 2. The fraction of sp³-hybridized carbons (Fsp3) is 0.250. The van der Waals surface area contributed by atoms with Crippen LogP contribution in [0.15, 0.2) is 42.5 Å². The molecule has 2 rings (SSSR count). The van der Waals surface area contributed by atoms with Crippen LogP contribution in [0.1, 0.15) is 12.5 Å². The molecule has 0 fully saturated rings. The van der Waals surface area contributed by atoms with Crippen molar-refractivity contribution >= 4 is 23.0 Å². The molecule has 0 bridgehead atoms. The van der Waals surface area contributed by atoms with Gasteiger partial charge in [0.1, 0.15) is 5.75 Å². The highest BCUT2D eigenvalue weighted by atomic mass is 35.5. The van der Waals surface area contributed by atoms with Crippen LogP contribution >= 0.6 is 11.6 Å². The lowest BCUT2D eigenvalue weighted by Crippen LogP contribution is -2.18. The topological polar surface area (TPSA) is 38.5 Å². The first-order valence-corrected chi connectivity index (χ1v) is 6.96. The third kappa shape index (κ3) is 3.36. The van der Waals surface area contributed by atoms with E-state index in [9.17, 15) is 0 Å². The van der Waals surface area contributed by atoms with Crippen LogP contribution in [0.2, 0.25) is 5.02 Å². The lowest BCUT2D eigenvalue weighted by atomic mass is 10.2. The number of halogens is 1. The second-order valence-corrected chi connectivity index (χ2v) is 5.04. The zero-order valence-corrected chi connectivity index (χ0v) is 12.5. The number of nitrogen functional groups attached to an aromatic ring is 1. The van der Waals surface area contributed by atoms with Gasteiger partial charge < -0.3 is 15.4 Å². The van der Waals surface area contributed by atoms with Crippen molar-refractivity contribution in [2.75, 3.05) is 24.3 Å². The summed E-state index contributed by atoms with van der Waals surface area (Å²) in [6.07, 6.45) is 0. The fourth-order valence-corrected chi connectivity index (χ4v) is 2.22. The van der Waals surface area contributed by atoms with Crippen molar-refractivity contribution in [3.63, 3.8) is 0 Å². The molecule has 20 heavy (non-hydrogen) atoms. The molecule has 2 aromatic carbocycles. The summed E-state index contributed by atoms with van der Waals surface area (Å²) in [6, 6.07) is 13.7. The summed E-state index contributed by atoms with van der Waals surface area (Å²) in [4.78, 5) is 2.10. The molecule has 2 N–H and O–H groups in total. The number of para-hydroxylation sites is 1. The maximum atomic E-state index is 6.16. The maximum Gasteiger partial charge on any atom is 0.144 e. The van der Waals surface area contributed by atoms with Crippen molar-refractivity contribution in [3.8, 4) is 5.75 Å². The van der Waals surface area contributed by atoms with Gasteiger partial charge >= 0.3 is 0 Å². The summed E-state index contributed by atoms with van der Waals surface area (Å²) < 4.78 is 5.52. The van der Waals surface area contributed by atoms with Crippen LogP contribution in [0.3, 0.4) is 0 Å². The smallest absolute Gasteiger partial charge is 0.144 e. The Morgan fingerprint density at radius 1 is 1.15 bits per heavy atom. The molecule has 0 amide bonds. The molecule has 0 aromatic heterocycles. The molecule has 0 aliphatic rings. The summed E-state index contributed by atoms with van der Waals surface area (Å²) in [6.45, 7) is 3.31. The highest BCUT2D eigenvalue weighted by Crippen LogP contribution is 2.32. The molecule has 0 atom stereocenters. The van der Waals surface area contributed by atoms with E-state index in [1.165, 1.54) is 5.56 Å². The van der Waals surface area contributed by atoms with Crippen molar-refractivity contribution in [1.29, 1.82) is 0 Å². The predicted octanol–water partition coefficient (Wildman–Crippen LogP) is 3.96. The van der Waals surface area contributed by atoms with E-state index < -0.39 is 0 Å². The summed E-state index contributed by atoms with van der Waals surface area (Å²) >= 11 is 5.90. The van der Waals surface area contributed by atoms with Gasteiger partial charge in [0.2, 0.25) is 0 Å². The summed E-state index contributed by atoms with van der Waals surface area (Å²) in [5.74, 6) is 0.730. The standard InChI is InChI=1S/C16H19ClN2O/c1-3-20-15-6-4-5-14(16(15)18)19(2)11-12-7-9-13(17)10-8-12/h4-10H,3,11,18H2,1-2H3. The van der Waals surface area contributed by atoms with E-state index >= 15 is 0 Å². The van der Waals surface area contributed by atoms with Gasteiger partial charge in [-0.1, -0.05) is 29.8 Å². The molecule has 0 radical (unpaired) electrons. The van der Waals surface area contributed by atoms with E-state index in [-0.39, 0.29) is 0 Å². The molecular weight excluding hydrogens is 272 g/mol. The molecule has 0 spiro atoms. The van der Waals surface area contributed by atoms with Gasteiger partial charge in [-0.05, 0) is 36.8 Å². The largest absolute Gasteiger partial charge is 0.492 e. The molecule has 3 nitrogen and oxygen atoms in total. The van der Waals surface area contributed by atoms with E-state index in [0.717, 1.165) is 23.0 Å². The van der Waals surface area contributed by atoms with E-state index in [0.29, 0.717) is 12.3 Å². The minimum atomic E-state index is 0.606. The molecule has 0 aliphatic carbocycles. The third-order valence-electron chi connectivity index (χ3n) is 3.09. The molecule has 0 unspecified atom stereocenters. The molecule has 0 aliphatic heterocycles. The number of nitrogens with zero attached hydrogens (tertiary/aromatic N) is 1. The average molecular weight is 291 g/mol. The Labute approximate surface area is 124 Å². The van der Waals surface area contributed by atoms with Crippen LogP contribution in [0.4, 0.5) is 11.4 Å². The Morgan fingerprint density at radius 3 is 2.50 bits per heavy atom. The van der Waals surface area contributed by atoms with E-state index in [1.54, 1.807) is 0 Å². The van der Waals surface area contributed by atoms with Crippen molar-refractivity contribution in [1.82, 2.24) is 0 Å². The van der Waals surface area contributed by atoms with Gasteiger partial charge in [0, 0.05) is 18.6 Å². The predicted molar refractivity (Wildman–Crippen MR) is 85.6 cm³/mol. The Kier molecular flexibility index (Phi) is 4.74. The number of hydrogen-bond donors (Lipinski definition) is 1. The van der Waals surface area contributed by atoms with Crippen molar-refractivity contribution in [2.45, 2.75) is 13.5 Å². The number of hydrogen-bond acceptors (Lipinski definition) is 3. The normalized spacial score (nSPS) is 10.3. The van der Waals surface area contributed by atoms with Crippen LogP contribution in [-0.2, 0) is 6.54 Å². The second-order valence-electron chi connectivity index (χ2n) is 4.60. The van der Waals surface area contributed by atoms with Crippen molar-refractivity contribution < 1.29 is 4.74 Å². The van der Waals surface area contributed by atoms with Crippen LogP contribution in [-0.4, -0.2) is 13.7 Å². The highest BCUT2D eigenvalue weighted by molar-refractivity contribution is 6.30. The summed E-state index contributed by atoms with van der Waals surface area (Å²) in [5.41, 5.74) is 8.97. The molecule has 4 heteroatoms. The minimum absolute atomic E-state index is 0.606. The van der Waals surface area contributed by atoms with E-state index in [2.05, 4.69) is 4.90 Å². The average Bonchev–Trinajstić information content (AvgIpc) is 2.44. The molecular formula is C16H19ClN2O. The molecule has 2 aromatic rings. The summed E-state index contributed by atoms with van der Waals surface area (Å²) in [5, 5.41) is 0.745. The Bertz CT molecular complexity index is 569. The zero-order chi connectivity index (χ0) is 14.5. The van der Waals surface area contributed by atoms with E-state index in [4.69, 9.17) is 22.1 Å². The van der Waals surface area contributed by atoms with Gasteiger partial charge in [0.25, 0.3) is 0 Å². The first-order chi connectivity index (χ1) is 9.61. The molecule has 0 saturated heterocycles. The number of anilines is 2. The van der Waals surface area contributed by atoms with Crippen molar-refractivity contribution in [3.05, 3.63) is 53.1 Å². The molecule has 106 valence electrons. The fourth-order valence-electron chi connectivity index (χ4n) is 2.10. The SMILES string of the molecule is CCOc1cccc(N(C)Cc2ccc(Cl)cc2)c1N. The van der Waals surface area contributed by atoms with E-state index in [1.807, 2.05) is 56.4 Å². The van der Waals surface area contributed by atoms with Crippen LogP contribution < -0.4 is 15.4 Å². The van der Waals surface area contributed by atoms with Gasteiger partial charge in [-0.25, -0.2) is 0 Å². The Balaban J connectivity index is 2.18. The maximum absolute atomic E-state index is 6.16. The zero-order valence-electron chi connectivity index (χ0n) is 11.8. The van der Waals surface area contributed by atoms with Gasteiger partial charge in [0.05, 0.1) is 18.0 Å². The lowest BCUT2D eigenvalue weighted by Gasteiger charge is -2.22. The molecule has 0 saturated carbocycles. The lowest BCUT2D eigenvalue weighted by molar-refractivity contribution is 0.342. The third-order valence-corrected chi connectivity index (χ3v) is 3.34. The van der Waals surface area contributed by atoms with Gasteiger partial charge in [-0.3, -0.25) is 0 Å². The monoisotopic (exact) mass is 290 g/mol. The number of rotatable bonds is 5. The van der Waals surface area contributed by atoms with Gasteiger partial charge in [0.15, 0.2) is 0 Å². The van der Waals surface area contributed by atoms with Crippen molar-refractivity contribution in [2.24, 2.45) is 0 Å². The second kappa shape index (κ2) is 6.53. The molecule has 0 heterocycles. The summed E-state index contributed by atoms with van der Waals surface area (Å²) in [7, 11) is 2.01.